The fraction of sp³-hybridized carbons (Fsp3) is 0.346. The quantitative estimate of drug-likeness (QED) is 0.490. The Morgan fingerprint density at radius 1 is 0.971 bits per heavy atom. The molecule has 2 heterocycles. The lowest BCUT2D eigenvalue weighted by molar-refractivity contribution is -0.142. The summed E-state index contributed by atoms with van der Waals surface area (Å²) in [4.78, 5) is 26.8. The molecular weight excluding hydrogens is 459 g/mol. The number of methoxy groups -OCH3 is 1. The summed E-state index contributed by atoms with van der Waals surface area (Å²) in [5.41, 5.74) is -0.439. The second kappa shape index (κ2) is 7.19. The first kappa shape index (κ1) is 21.9. The van der Waals surface area contributed by atoms with Gasteiger partial charge in [0.2, 0.25) is 0 Å². The smallest absolute Gasteiger partial charge is 0.435 e. The van der Waals surface area contributed by atoms with Crippen LogP contribution in [0.4, 0.5) is 18.9 Å². The number of alkyl halides is 3. The molecule has 0 atom stereocenters. The van der Waals surface area contributed by atoms with Gasteiger partial charge in [0.05, 0.1) is 18.2 Å². The summed E-state index contributed by atoms with van der Waals surface area (Å²) in [5, 5.41) is 3.93. The molecule has 3 aliphatic rings. The van der Waals surface area contributed by atoms with Crippen LogP contribution in [0.1, 0.15) is 53.0 Å². The van der Waals surface area contributed by atoms with Gasteiger partial charge in [-0.25, -0.2) is 4.68 Å². The molecule has 2 aromatic carbocycles. The Morgan fingerprint density at radius 2 is 1.60 bits per heavy atom. The zero-order valence-electron chi connectivity index (χ0n) is 18.9. The van der Waals surface area contributed by atoms with E-state index in [1.54, 1.807) is 41.3 Å². The van der Waals surface area contributed by atoms with E-state index in [0.717, 1.165) is 29.4 Å². The summed E-state index contributed by atoms with van der Waals surface area (Å²) in [6, 6.07) is 13.6. The zero-order chi connectivity index (χ0) is 24.6. The van der Waals surface area contributed by atoms with Crippen LogP contribution in [0, 0.1) is 0 Å². The van der Waals surface area contributed by atoms with Gasteiger partial charge >= 0.3 is 6.18 Å². The van der Waals surface area contributed by atoms with Gasteiger partial charge in [0.25, 0.3) is 5.91 Å². The second-order valence-electron chi connectivity index (χ2n) is 9.67. The molecule has 1 spiro atoms. The molecule has 0 saturated heterocycles. The van der Waals surface area contributed by atoms with Crippen molar-refractivity contribution in [2.75, 3.05) is 18.6 Å². The van der Waals surface area contributed by atoms with Crippen molar-refractivity contribution in [2.24, 2.45) is 0 Å². The minimum absolute atomic E-state index is 0.00317. The average molecular weight is 481 g/mol. The summed E-state index contributed by atoms with van der Waals surface area (Å²) < 4.78 is 48.5. The van der Waals surface area contributed by atoms with E-state index in [1.807, 2.05) is 12.1 Å². The van der Waals surface area contributed by atoms with E-state index >= 15 is 0 Å². The van der Waals surface area contributed by atoms with Crippen molar-refractivity contribution >= 4 is 17.9 Å². The Hall–Kier alpha value is -3.62. The molecule has 2 fully saturated rings. The van der Waals surface area contributed by atoms with Gasteiger partial charge in [0.15, 0.2) is 5.69 Å². The molecule has 180 valence electrons. The predicted molar refractivity (Wildman–Crippen MR) is 121 cm³/mol. The summed E-state index contributed by atoms with van der Waals surface area (Å²) in [7, 11) is 1.50. The minimum atomic E-state index is -4.69. The summed E-state index contributed by atoms with van der Waals surface area (Å²) in [6.07, 6.45) is -1.03. The summed E-state index contributed by atoms with van der Waals surface area (Å²) >= 11 is 0. The Labute approximate surface area is 199 Å². The lowest BCUT2D eigenvalue weighted by Crippen LogP contribution is -2.44. The maximum absolute atomic E-state index is 14.1. The van der Waals surface area contributed by atoms with E-state index < -0.39 is 28.6 Å². The first-order valence-electron chi connectivity index (χ1n) is 11.5. The number of amides is 1. The van der Waals surface area contributed by atoms with Crippen LogP contribution in [0.15, 0.2) is 48.5 Å². The van der Waals surface area contributed by atoms with Gasteiger partial charge in [0.1, 0.15) is 17.7 Å². The molecule has 1 aromatic heterocycles. The van der Waals surface area contributed by atoms with E-state index in [4.69, 9.17) is 4.74 Å². The highest BCUT2D eigenvalue weighted by Crippen LogP contribution is 2.56. The number of halogens is 3. The fourth-order valence-corrected chi connectivity index (χ4v) is 5.16. The molecule has 1 aliphatic heterocycles. The van der Waals surface area contributed by atoms with E-state index in [2.05, 4.69) is 5.10 Å². The Bertz CT molecular complexity index is 1340. The number of hydrogen-bond donors (Lipinski definition) is 0. The maximum atomic E-state index is 14.1. The summed E-state index contributed by atoms with van der Waals surface area (Å²) in [6.45, 7) is 0.161. The van der Waals surface area contributed by atoms with Crippen molar-refractivity contribution in [3.05, 3.63) is 71.0 Å². The molecule has 0 bridgehead atoms. The number of hydrogen-bond acceptors (Lipinski definition) is 4. The van der Waals surface area contributed by atoms with Crippen LogP contribution < -0.4 is 9.64 Å². The van der Waals surface area contributed by atoms with Crippen LogP contribution in [0.25, 0.3) is 5.69 Å². The van der Waals surface area contributed by atoms with Gasteiger partial charge in [-0.05, 0) is 67.6 Å². The highest BCUT2D eigenvalue weighted by molar-refractivity contribution is 6.08. The average Bonchev–Trinajstić information content (AvgIpc) is 3.78. The van der Waals surface area contributed by atoms with E-state index in [1.165, 1.54) is 7.11 Å². The lowest BCUT2D eigenvalue weighted by atomic mass is 9.88. The van der Waals surface area contributed by atoms with Gasteiger partial charge < -0.3 is 14.4 Å². The van der Waals surface area contributed by atoms with Gasteiger partial charge in [0, 0.05) is 23.2 Å². The van der Waals surface area contributed by atoms with E-state index in [0.29, 0.717) is 30.0 Å². The molecule has 2 saturated carbocycles. The number of benzene rings is 2. The SMILES string of the molecule is COc1ccc(-n2nc(C(F)(F)F)c3c2C(=O)N(c2ccc(C4(C=O)CC4)cc2)CC32CC2)cc1. The third-order valence-corrected chi connectivity index (χ3v) is 7.53. The van der Waals surface area contributed by atoms with Crippen molar-refractivity contribution in [2.45, 2.75) is 42.7 Å². The molecule has 0 radical (unpaired) electrons. The standard InChI is InChI=1S/C26H22F3N3O3/c1-35-19-8-6-18(7-9-19)32-21-20(22(30-32)26(27,28)29)24(10-11-24)14-31(23(21)34)17-4-2-16(3-5-17)25(15-33)12-13-25/h2-9,15H,10-14H2,1H3. The Morgan fingerprint density at radius 3 is 2.11 bits per heavy atom. The van der Waals surface area contributed by atoms with Crippen molar-refractivity contribution in [1.82, 2.24) is 9.78 Å². The van der Waals surface area contributed by atoms with Gasteiger partial charge in [-0.2, -0.15) is 18.3 Å². The molecule has 2 aliphatic carbocycles. The first-order valence-corrected chi connectivity index (χ1v) is 11.5. The molecule has 0 N–H and O–H groups in total. The first-order chi connectivity index (χ1) is 16.7. The maximum Gasteiger partial charge on any atom is 0.435 e. The molecule has 6 rings (SSSR count). The zero-order valence-corrected chi connectivity index (χ0v) is 18.9. The molecule has 1 amide bonds. The molecular formula is C26H22F3N3O3. The Balaban J connectivity index is 1.47. The van der Waals surface area contributed by atoms with Crippen LogP contribution in [-0.4, -0.2) is 35.6 Å². The molecule has 6 nitrogen and oxygen atoms in total. The number of nitrogens with zero attached hydrogens (tertiary/aromatic N) is 3. The topological polar surface area (TPSA) is 64.4 Å². The highest BCUT2D eigenvalue weighted by atomic mass is 19.4. The normalized spacial score (nSPS) is 19.4. The highest BCUT2D eigenvalue weighted by Gasteiger charge is 2.58. The number of rotatable bonds is 5. The van der Waals surface area contributed by atoms with Crippen molar-refractivity contribution in [3.8, 4) is 11.4 Å². The third kappa shape index (κ3) is 3.28. The van der Waals surface area contributed by atoms with Crippen molar-refractivity contribution in [1.29, 1.82) is 0 Å². The number of ether oxygens (including phenoxy) is 1. The number of carbonyl (C=O) groups excluding carboxylic acids is 2. The van der Waals surface area contributed by atoms with Crippen LogP contribution in [0.5, 0.6) is 5.75 Å². The molecule has 35 heavy (non-hydrogen) atoms. The number of carbonyl (C=O) groups is 2. The van der Waals surface area contributed by atoms with Gasteiger partial charge in [-0.3, -0.25) is 4.79 Å². The minimum Gasteiger partial charge on any atom is -0.497 e. The molecule has 9 heteroatoms. The number of anilines is 1. The number of aldehydes is 1. The molecule has 0 unspecified atom stereocenters. The van der Waals surface area contributed by atoms with Gasteiger partial charge in [-0.1, -0.05) is 12.1 Å². The van der Waals surface area contributed by atoms with E-state index in [-0.39, 0.29) is 17.8 Å². The van der Waals surface area contributed by atoms with Gasteiger partial charge in [-0.15, -0.1) is 0 Å². The van der Waals surface area contributed by atoms with Crippen LogP contribution >= 0.6 is 0 Å². The lowest BCUT2D eigenvalue weighted by Gasteiger charge is -2.34. The third-order valence-electron chi connectivity index (χ3n) is 7.53. The number of aromatic nitrogens is 2. The van der Waals surface area contributed by atoms with Crippen molar-refractivity contribution in [3.63, 3.8) is 0 Å². The van der Waals surface area contributed by atoms with Crippen molar-refractivity contribution < 1.29 is 27.5 Å². The predicted octanol–water partition coefficient (Wildman–Crippen LogP) is 4.82. The molecule has 3 aromatic rings. The van der Waals surface area contributed by atoms with Crippen LogP contribution in [0.3, 0.4) is 0 Å². The Kier molecular flexibility index (Phi) is 4.50. The fourth-order valence-electron chi connectivity index (χ4n) is 5.16. The second-order valence-corrected chi connectivity index (χ2v) is 9.67. The van der Waals surface area contributed by atoms with E-state index in [9.17, 15) is 22.8 Å². The number of fused-ring (bicyclic) bond motifs is 2. The van der Waals surface area contributed by atoms with Crippen LogP contribution in [-0.2, 0) is 21.8 Å². The monoisotopic (exact) mass is 481 g/mol. The summed E-state index contributed by atoms with van der Waals surface area (Å²) in [5.74, 6) is 0.0156. The van der Waals surface area contributed by atoms with Crippen LogP contribution in [0.2, 0.25) is 0 Å². The largest absolute Gasteiger partial charge is 0.497 e.